The lowest BCUT2D eigenvalue weighted by atomic mass is 10.1. The van der Waals surface area contributed by atoms with Crippen LogP contribution in [0.4, 0.5) is 0 Å². The van der Waals surface area contributed by atoms with Crippen LogP contribution in [-0.2, 0) is 11.2 Å². The standard InChI is InChI=1S/C21H35N5O2/c1-3-14-28-19-7-5-6-17(15-19)8-11-24-21(23-4-2)25-18-9-12-26(13-10-18)16-20(22)27/h5-7,15,18H,3-4,8-14,16H2,1-2H3,(H2,22,27)(H2,23,24,25). The summed E-state index contributed by atoms with van der Waals surface area (Å²) in [5.74, 6) is 1.52. The molecule has 0 bridgehead atoms. The van der Waals surface area contributed by atoms with E-state index in [9.17, 15) is 4.79 Å². The van der Waals surface area contributed by atoms with Crippen LogP contribution in [-0.4, -0.2) is 62.1 Å². The van der Waals surface area contributed by atoms with E-state index in [1.54, 1.807) is 0 Å². The molecule has 1 aromatic rings. The molecule has 0 saturated carbocycles. The minimum Gasteiger partial charge on any atom is -0.494 e. The molecule has 1 fully saturated rings. The molecule has 2 rings (SSSR count). The van der Waals surface area contributed by atoms with E-state index in [2.05, 4.69) is 41.5 Å². The van der Waals surface area contributed by atoms with Crippen LogP contribution >= 0.6 is 0 Å². The Morgan fingerprint density at radius 1 is 1.32 bits per heavy atom. The van der Waals surface area contributed by atoms with Crippen molar-refractivity contribution in [3.05, 3.63) is 29.8 Å². The summed E-state index contributed by atoms with van der Waals surface area (Å²) in [5, 5.41) is 6.85. The number of aliphatic imine (C=N–C) groups is 1. The number of amides is 1. The molecule has 0 spiro atoms. The predicted octanol–water partition coefficient (Wildman–Crippen LogP) is 1.52. The zero-order chi connectivity index (χ0) is 20.2. The second-order valence-electron chi connectivity index (χ2n) is 7.17. The summed E-state index contributed by atoms with van der Waals surface area (Å²) < 4.78 is 5.70. The average Bonchev–Trinajstić information content (AvgIpc) is 2.68. The minimum atomic E-state index is -0.259. The Morgan fingerprint density at radius 3 is 2.79 bits per heavy atom. The molecule has 4 N–H and O–H groups in total. The molecule has 0 aromatic heterocycles. The van der Waals surface area contributed by atoms with Gasteiger partial charge in [-0.1, -0.05) is 19.1 Å². The Balaban J connectivity index is 1.81. The maximum atomic E-state index is 11.0. The lowest BCUT2D eigenvalue weighted by Crippen LogP contribution is -2.49. The number of ether oxygens (including phenoxy) is 1. The Morgan fingerprint density at radius 2 is 2.11 bits per heavy atom. The molecule has 7 nitrogen and oxygen atoms in total. The molecule has 1 aliphatic rings. The van der Waals surface area contributed by atoms with Gasteiger partial charge in [-0.05, 0) is 50.3 Å². The molecule has 0 aliphatic carbocycles. The highest BCUT2D eigenvalue weighted by molar-refractivity contribution is 5.80. The molecule has 7 heteroatoms. The highest BCUT2D eigenvalue weighted by atomic mass is 16.5. The van der Waals surface area contributed by atoms with Gasteiger partial charge in [-0.2, -0.15) is 0 Å². The molecule has 0 atom stereocenters. The lowest BCUT2D eigenvalue weighted by molar-refractivity contribution is -0.119. The molecule has 1 amide bonds. The van der Waals surface area contributed by atoms with Crippen molar-refractivity contribution < 1.29 is 9.53 Å². The van der Waals surface area contributed by atoms with Crippen LogP contribution in [0.2, 0.25) is 0 Å². The van der Waals surface area contributed by atoms with Gasteiger partial charge in [0.15, 0.2) is 5.96 Å². The number of nitrogens with one attached hydrogen (secondary N) is 2. The first kappa shape index (κ1) is 22.0. The van der Waals surface area contributed by atoms with Crippen LogP contribution in [0.5, 0.6) is 5.75 Å². The maximum absolute atomic E-state index is 11.0. The number of nitrogens with two attached hydrogens (primary N) is 1. The van der Waals surface area contributed by atoms with Gasteiger partial charge in [0.2, 0.25) is 5.91 Å². The van der Waals surface area contributed by atoms with Gasteiger partial charge in [0.1, 0.15) is 5.75 Å². The summed E-state index contributed by atoms with van der Waals surface area (Å²) in [5.41, 5.74) is 6.51. The van der Waals surface area contributed by atoms with Crippen LogP contribution in [0.15, 0.2) is 29.3 Å². The normalized spacial score (nSPS) is 16.0. The smallest absolute Gasteiger partial charge is 0.231 e. The van der Waals surface area contributed by atoms with E-state index < -0.39 is 0 Å². The number of carbonyl (C=O) groups excluding carboxylic acids is 1. The lowest BCUT2D eigenvalue weighted by Gasteiger charge is -2.32. The first-order chi connectivity index (χ1) is 13.6. The van der Waals surface area contributed by atoms with Crippen LogP contribution in [0.1, 0.15) is 38.7 Å². The quantitative estimate of drug-likeness (QED) is 0.417. The van der Waals surface area contributed by atoms with Gasteiger partial charge in [0.05, 0.1) is 13.2 Å². The number of nitrogens with zero attached hydrogens (tertiary/aromatic N) is 2. The van der Waals surface area contributed by atoms with Gasteiger partial charge in [-0.15, -0.1) is 0 Å². The van der Waals surface area contributed by atoms with E-state index in [4.69, 9.17) is 15.5 Å². The van der Waals surface area contributed by atoms with E-state index in [-0.39, 0.29) is 5.91 Å². The van der Waals surface area contributed by atoms with Gasteiger partial charge >= 0.3 is 0 Å². The average molecular weight is 390 g/mol. The van der Waals surface area contributed by atoms with Crippen molar-refractivity contribution in [2.75, 3.05) is 39.3 Å². The Labute approximate surface area is 168 Å². The van der Waals surface area contributed by atoms with Crippen molar-refractivity contribution in [3.63, 3.8) is 0 Å². The number of hydrogen-bond acceptors (Lipinski definition) is 4. The number of carbonyl (C=O) groups is 1. The summed E-state index contributed by atoms with van der Waals surface area (Å²) in [4.78, 5) is 17.9. The molecule has 28 heavy (non-hydrogen) atoms. The Kier molecular flexibility index (Phi) is 9.62. The highest BCUT2D eigenvalue weighted by Crippen LogP contribution is 2.14. The van der Waals surface area contributed by atoms with Gasteiger partial charge in [-0.25, -0.2) is 0 Å². The van der Waals surface area contributed by atoms with E-state index in [1.807, 2.05) is 12.1 Å². The van der Waals surface area contributed by atoms with E-state index in [0.717, 1.165) is 63.6 Å². The topological polar surface area (TPSA) is 92.0 Å². The van der Waals surface area contributed by atoms with E-state index in [0.29, 0.717) is 19.1 Å². The Bertz CT molecular complexity index is 627. The summed E-state index contributed by atoms with van der Waals surface area (Å²) in [6, 6.07) is 8.61. The predicted molar refractivity (Wildman–Crippen MR) is 114 cm³/mol. The van der Waals surface area contributed by atoms with Crippen LogP contribution in [0.25, 0.3) is 0 Å². The van der Waals surface area contributed by atoms with Crippen molar-refractivity contribution >= 4 is 11.9 Å². The number of guanidine groups is 1. The highest BCUT2D eigenvalue weighted by Gasteiger charge is 2.20. The molecular weight excluding hydrogens is 354 g/mol. The number of likely N-dealkylation sites (tertiary alicyclic amines) is 1. The van der Waals surface area contributed by atoms with Crippen molar-refractivity contribution in [3.8, 4) is 5.75 Å². The molecule has 1 aliphatic heterocycles. The molecule has 1 aromatic carbocycles. The van der Waals surface area contributed by atoms with Gasteiger partial charge in [0, 0.05) is 32.2 Å². The summed E-state index contributed by atoms with van der Waals surface area (Å²) in [6.45, 7) is 8.57. The zero-order valence-electron chi connectivity index (χ0n) is 17.2. The molecule has 0 unspecified atom stereocenters. The number of primary amides is 1. The summed E-state index contributed by atoms with van der Waals surface area (Å²) in [7, 11) is 0. The van der Waals surface area contributed by atoms with Crippen LogP contribution in [0.3, 0.4) is 0 Å². The second kappa shape index (κ2) is 12.2. The van der Waals surface area contributed by atoms with Crippen LogP contribution < -0.4 is 21.1 Å². The van der Waals surface area contributed by atoms with E-state index >= 15 is 0 Å². The monoisotopic (exact) mass is 389 g/mol. The number of piperidine rings is 1. The van der Waals surface area contributed by atoms with Crippen LogP contribution in [0, 0.1) is 0 Å². The van der Waals surface area contributed by atoms with Gasteiger partial charge < -0.3 is 21.1 Å². The van der Waals surface area contributed by atoms with Crippen molar-refractivity contribution in [1.82, 2.24) is 15.5 Å². The summed E-state index contributed by atoms with van der Waals surface area (Å²) >= 11 is 0. The molecule has 156 valence electrons. The molecule has 1 saturated heterocycles. The third-order valence-electron chi connectivity index (χ3n) is 4.69. The number of rotatable bonds is 10. The third kappa shape index (κ3) is 8.17. The SMILES string of the molecule is CCCOc1cccc(CCN=C(NCC)NC2CCN(CC(N)=O)CC2)c1. The number of benzene rings is 1. The first-order valence-corrected chi connectivity index (χ1v) is 10.4. The Hall–Kier alpha value is -2.28. The van der Waals surface area contributed by atoms with Crippen molar-refractivity contribution in [2.45, 2.75) is 45.6 Å². The fourth-order valence-electron chi connectivity index (χ4n) is 3.28. The maximum Gasteiger partial charge on any atom is 0.231 e. The minimum absolute atomic E-state index is 0.259. The van der Waals surface area contributed by atoms with Crippen molar-refractivity contribution in [1.29, 1.82) is 0 Å². The largest absolute Gasteiger partial charge is 0.494 e. The molecule has 0 radical (unpaired) electrons. The van der Waals surface area contributed by atoms with Gasteiger partial charge in [0.25, 0.3) is 0 Å². The fourth-order valence-corrected chi connectivity index (χ4v) is 3.28. The van der Waals surface area contributed by atoms with Crippen molar-refractivity contribution in [2.24, 2.45) is 10.7 Å². The van der Waals surface area contributed by atoms with Gasteiger partial charge in [-0.3, -0.25) is 14.7 Å². The number of hydrogen-bond donors (Lipinski definition) is 3. The molecular formula is C21H35N5O2. The third-order valence-corrected chi connectivity index (χ3v) is 4.69. The zero-order valence-corrected chi connectivity index (χ0v) is 17.2. The van der Waals surface area contributed by atoms with E-state index in [1.165, 1.54) is 5.56 Å². The second-order valence-corrected chi connectivity index (χ2v) is 7.17. The summed E-state index contributed by atoms with van der Waals surface area (Å²) in [6.07, 6.45) is 3.84. The first-order valence-electron chi connectivity index (χ1n) is 10.4. The fraction of sp³-hybridized carbons (Fsp3) is 0.619. The molecule has 1 heterocycles.